The summed E-state index contributed by atoms with van der Waals surface area (Å²) >= 11 is 0. The highest BCUT2D eigenvalue weighted by Gasteiger charge is 2.25. The normalized spacial score (nSPS) is 23.4. The van der Waals surface area contributed by atoms with Crippen LogP contribution < -0.4 is 10.1 Å². The summed E-state index contributed by atoms with van der Waals surface area (Å²) in [6.07, 6.45) is 2.99. The quantitative estimate of drug-likeness (QED) is 0.341. The Morgan fingerprint density at radius 3 is 2.57 bits per heavy atom. The number of hydrogen-bond donors (Lipinski definition) is 2. The number of piperazine rings is 1. The van der Waals surface area contributed by atoms with Crippen molar-refractivity contribution >= 4 is 29.9 Å². The Balaban J connectivity index is 0.00000280. The van der Waals surface area contributed by atoms with Gasteiger partial charge in [-0.25, -0.2) is 0 Å². The lowest BCUT2D eigenvalue weighted by Crippen LogP contribution is -2.53. The van der Waals surface area contributed by atoms with Crippen LogP contribution in [0.4, 0.5) is 0 Å². The second-order valence-electron chi connectivity index (χ2n) is 7.44. The third-order valence-corrected chi connectivity index (χ3v) is 5.52. The van der Waals surface area contributed by atoms with E-state index in [9.17, 15) is 5.11 Å². The lowest BCUT2D eigenvalue weighted by Gasteiger charge is -2.36. The summed E-state index contributed by atoms with van der Waals surface area (Å²) in [5.74, 6) is 2.26. The van der Waals surface area contributed by atoms with E-state index in [0.717, 1.165) is 83.4 Å². The zero-order valence-electron chi connectivity index (χ0n) is 16.9. The Kier molecular flexibility index (Phi) is 10.4. The standard InChI is InChI=1S/C21H34N4O2.HI/c1-2-22-21(23-17-18-7-6-10-20(18)26)25-13-11-24(12-14-25)15-16-27-19-8-4-3-5-9-19;/h3-5,8-9,18,20,26H,2,6-7,10-17H2,1H3,(H,22,23);1H. The summed E-state index contributed by atoms with van der Waals surface area (Å²) < 4.78 is 5.81. The molecule has 158 valence electrons. The van der Waals surface area contributed by atoms with Gasteiger partial charge in [-0.1, -0.05) is 24.6 Å². The van der Waals surface area contributed by atoms with Crippen LogP contribution in [0.2, 0.25) is 0 Å². The van der Waals surface area contributed by atoms with E-state index in [1.807, 2.05) is 30.3 Å². The average molecular weight is 502 g/mol. The van der Waals surface area contributed by atoms with Gasteiger partial charge in [0.2, 0.25) is 0 Å². The van der Waals surface area contributed by atoms with Crippen molar-refractivity contribution in [3.63, 3.8) is 0 Å². The number of aliphatic imine (C=N–C) groups is 1. The molecule has 3 rings (SSSR count). The van der Waals surface area contributed by atoms with Crippen molar-refractivity contribution in [2.24, 2.45) is 10.9 Å². The van der Waals surface area contributed by atoms with E-state index in [2.05, 4.69) is 22.0 Å². The number of hydrogen-bond acceptors (Lipinski definition) is 4. The molecule has 6 nitrogen and oxygen atoms in total. The van der Waals surface area contributed by atoms with E-state index >= 15 is 0 Å². The van der Waals surface area contributed by atoms with Crippen molar-refractivity contribution < 1.29 is 9.84 Å². The molecule has 2 atom stereocenters. The SMILES string of the molecule is CCNC(=NCC1CCCC1O)N1CCN(CCOc2ccccc2)CC1.I. The molecular weight excluding hydrogens is 467 g/mol. The smallest absolute Gasteiger partial charge is 0.194 e. The molecule has 1 aromatic rings. The number of aliphatic hydroxyl groups excluding tert-OH is 1. The summed E-state index contributed by atoms with van der Waals surface area (Å²) in [5, 5.41) is 13.4. The molecule has 1 heterocycles. The van der Waals surface area contributed by atoms with Gasteiger partial charge in [0.1, 0.15) is 12.4 Å². The van der Waals surface area contributed by atoms with Crippen LogP contribution in [-0.2, 0) is 0 Å². The minimum Gasteiger partial charge on any atom is -0.492 e. The highest BCUT2D eigenvalue weighted by Crippen LogP contribution is 2.25. The van der Waals surface area contributed by atoms with Crippen LogP contribution in [0, 0.1) is 5.92 Å². The van der Waals surface area contributed by atoms with E-state index in [-0.39, 0.29) is 30.1 Å². The Morgan fingerprint density at radius 1 is 1.18 bits per heavy atom. The molecule has 2 N–H and O–H groups in total. The summed E-state index contributed by atoms with van der Waals surface area (Å²) in [5.41, 5.74) is 0. The topological polar surface area (TPSA) is 60.3 Å². The molecule has 0 aromatic heterocycles. The third-order valence-electron chi connectivity index (χ3n) is 5.52. The second kappa shape index (κ2) is 12.5. The number of guanidine groups is 1. The van der Waals surface area contributed by atoms with Crippen molar-refractivity contribution in [2.75, 3.05) is 52.4 Å². The molecule has 1 aliphatic carbocycles. The Morgan fingerprint density at radius 2 is 1.93 bits per heavy atom. The lowest BCUT2D eigenvalue weighted by atomic mass is 10.1. The fourth-order valence-corrected chi connectivity index (χ4v) is 3.85. The van der Waals surface area contributed by atoms with E-state index < -0.39 is 0 Å². The summed E-state index contributed by atoms with van der Waals surface area (Å²) in [6, 6.07) is 10.0. The predicted octanol–water partition coefficient (Wildman–Crippen LogP) is 2.43. The Bertz CT molecular complexity index is 579. The van der Waals surface area contributed by atoms with E-state index in [4.69, 9.17) is 9.73 Å². The maximum atomic E-state index is 10.0. The van der Waals surface area contributed by atoms with Crippen molar-refractivity contribution in [1.29, 1.82) is 0 Å². The molecule has 1 aliphatic heterocycles. The molecule has 1 saturated carbocycles. The van der Waals surface area contributed by atoms with Crippen LogP contribution in [0.25, 0.3) is 0 Å². The Hall–Kier alpha value is -1.06. The van der Waals surface area contributed by atoms with Gasteiger partial charge in [0.05, 0.1) is 6.10 Å². The highest BCUT2D eigenvalue weighted by molar-refractivity contribution is 14.0. The van der Waals surface area contributed by atoms with E-state index in [1.165, 1.54) is 0 Å². The first-order chi connectivity index (χ1) is 13.3. The van der Waals surface area contributed by atoms with Gasteiger partial charge in [-0.3, -0.25) is 9.89 Å². The summed E-state index contributed by atoms with van der Waals surface area (Å²) in [7, 11) is 0. The summed E-state index contributed by atoms with van der Waals surface area (Å²) in [4.78, 5) is 9.62. The molecule has 2 unspecified atom stereocenters. The first kappa shape index (κ1) is 23.2. The molecule has 7 heteroatoms. The van der Waals surface area contributed by atoms with Crippen LogP contribution in [0.1, 0.15) is 26.2 Å². The van der Waals surface area contributed by atoms with Crippen LogP contribution in [0.3, 0.4) is 0 Å². The van der Waals surface area contributed by atoms with Crippen LogP contribution in [0.5, 0.6) is 5.75 Å². The molecule has 2 fully saturated rings. The molecule has 0 spiro atoms. The highest BCUT2D eigenvalue weighted by atomic mass is 127. The minimum absolute atomic E-state index is 0. The van der Waals surface area contributed by atoms with Gasteiger partial charge in [0.25, 0.3) is 0 Å². The van der Waals surface area contributed by atoms with Crippen molar-refractivity contribution in [3.8, 4) is 5.75 Å². The number of halogens is 1. The van der Waals surface area contributed by atoms with Gasteiger partial charge in [-0.2, -0.15) is 0 Å². The molecule has 0 bridgehead atoms. The van der Waals surface area contributed by atoms with Crippen LogP contribution >= 0.6 is 24.0 Å². The van der Waals surface area contributed by atoms with Gasteiger partial charge >= 0.3 is 0 Å². The van der Waals surface area contributed by atoms with Crippen molar-refractivity contribution in [1.82, 2.24) is 15.1 Å². The first-order valence-corrected chi connectivity index (χ1v) is 10.4. The van der Waals surface area contributed by atoms with Gasteiger partial charge in [-0.05, 0) is 31.9 Å². The number of nitrogens with zero attached hydrogens (tertiary/aromatic N) is 3. The molecule has 2 aliphatic rings. The van der Waals surface area contributed by atoms with Gasteiger partial charge in [-0.15, -0.1) is 24.0 Å². The molecular formula is C21H35IN4O2. The zero-order valence-corrected chi connectivity index (χ0v) is 19.3. The predicted molar refractivity (Wildman–Crippen MR) is 125 cm³/mol. The average Bonchev–Trinajstić information content (AvgIpc) is 3.11. The molecule has 1 aromatic carbocycles. The molecule has 0 amide bonds. The van der Waals surface area contributed by atoms with E-state index in [1.54, 1.807) is 0 Å². The number of rotatable bonds is 7. The lowest BCUT2D eigenvalue weighted by molar-refractivity contribution is 0.135. The number of aliphatic hydroxyl groups is 1. The van der Waals surface area contributed by atoms with Crippen LogP contribution in [0.15, 0.2) is 35.3 Å². The number of para-hydroxylation sites is 1. The zero-order chi connectivity index (χ0) is 18.9. The van der Waals surface area contributed by atoms with E-state index in [0.29, 0.717) is 5.92 Å². The van der Waals surface area contributed by atoms with Crippen molar-refractivity contribution in [2.45, 2.75) is 32.3 Å². The number of benzene rings is 1. The Labute approximate surface area is 186 Å². The van der Waals surface area contributed by atoms with Gasteiger partial charge < -0.3 is 20.1 Å². The van der Waals surface area contributed by atoms with Crippen molar-refractivity contribution in [3.05, 3.63) is 30.3 Å². The largest absolute Gasteiger partial charge is 0.492 e. The third kappa shape index (κ3) is 7.08. The fraction of sp³-hybridized carbons (Fsp3) is 0.667. The van der Waals surface area contributed by atoms with Gasteiger partial charge in [0.15, 0.2) is 5.96 Å². The summed E-state index contributed by atoms with van der Waals surface area (Å²) in [6.45, 7) is 9.38. The fourth-order valence-electron chi connectivity index (χ4n) is 3.85. The number of nitrogens with one attached hydrogen (secondary N) is 1. The second-order valence-corrected chi connectivity index (χ2v) is 7.44. The first-order valence-electron chi connectivity index (χ1n) is 10.4. The van der Waals surface area contributed by atoms with Gasteiger partial charge in [0, 0.05) is 51.7 Å². The number of ether oxygens (including phenoxy) is 1. The minimum atomic E-state index is -0.168. The maximum Gasteiger partial charge on any atom is 0.194 e. The molecule has 1 saturated heterocycles. The molecule has 0 radical (unpaired) electrons. The maximum absolute atomic E-state index is 10.0. The molecule has 28 heavy (non-hydrogen) atoms. The van der Waals surface area contributed by atoms with Crippen LogP contribution in [-0.4, -0.2) is 79.4 Å². The monoisotopic (exact) mass is 502 g/mol.